The SMILES string of the molecule is CN(CC1CC1)c1nc(CC(N)c2ccccc2)cs1. The molecule has 1 unspecified atom stereocenters. The van der Waals surface area contributed by atoms with Crippen molar-refractivity contribution in [3.05, 3.63) is 47.0 Å². The van der Waals surface area contributed by atoms with Crippen LogP contribution >= 0.6 is 11.3 Å². The Morgan fingerprint density at radius 2 is 2.10 bits per heavy atom. The van der Waals surface area contributed by atoms with Crippen molar-refractivity contribution >= 4 is 16.5 Å². The zero-order valence-corrected chi connectivity index (χ0v) is 12.6. The topological polar surface area (TPSA) is 42.2 Å². The number of nitrogens with zero attached hydrogens (tertiary/aromatic N) is 2. The zero-order valence-electron chi connectivity index (χ0n) is 11.8. The van der Waals surface area contributed by atoms with E-state index in [0.717, 1.165) is 29.7 Å². The van der Waals surface area contributed by atoms with Crippen molar-refractivity contribution in [3.8, 4) is 0 Å². The summed E-state index contributed by atoms with van der Waals surface area (Å²) < 4.78 is 0. The van der Waals surface area contributed by atoms with E-state index in [2.05, 4.69) is 29.5 Å². The summed E-state index contributed by atoms with van der Waals surface area (Å²) in [5, 5.41) is 3.26. The Morgan fingerprint density at radius 1 is 1.35 bits per heavy atom. The van der Waals surface area contributed by atoms with Crippen LogP contribution in [0, 0.1) is 5.92 Å². The van der Waals surface area contributed by atoms with Gasteiger partial charge in [0, 0.05) is 31.4 Å². The molecule has 1 aliphatic carbocycles. The lowest BCUT2D eigenvalue weighted by molar-refractivity contribution is 0.707. The van der Waals surface area contributed by atoms with E-state index in [-0.39, 0.29) is 6.04 Å². The summed E-state index contributed by atoms with van der Waals surface area (Å²) in [4.78, 5) is 7.00. The molecular weight excluding hydrogens is 266 g/mol. The molecule has 4 heteroatoms. The third kappa shape index (κ3) is 3.38. The maximum atomic E-state index is 6.25. The van der Waals surface area contributed by atoms with Crippen molar-refractivity contribution in [3.63, 3.8) is 0 Å². The van der Waals surface area contributed by atoms with Crippen LogP contribution in [0.4, 0.5) is 5.13 Å². The second-order valence-corrected chi connectivity index (χ2v) is 6.50. The molecule has 0 saturated heterocycles. The van der Waals surface area contributed by atoms with Gasteiger partial charge in [-0.15, -0.1) is 11.3 Å². The summed E-state index contributed by atoms with van der Waals surface area (Å²) in [6.07, 6.45) is 3.56. The number of anilines is 1. The van der Waals surface area contributed by atoms with Gasteiger partial charge in [0.2, 0.25) is 0 Å². The van der Waals surface area contributed by atoms with Gasteiger partial charge in [-0.3, -0.25) is 0 Å². The van der Waals surface area contributed by atoms with Crippen molar-refractivity contribution < 1.29 is 0 Å². The number of nitrogens with two attached hydrogens (primary N) is 1. The van der Waals surface area contributed by atoms with E-state index in [1.54, 1.807) is 11.3 Å². The highest BCUT2D eigenvalue weighted by Crippen LogP contribution is 2.32. The van der Waals surface area contributed by atoms with Crippen LogP contribution in [0.5, 0.6) is 0 Å². The largest absolute Gasteiger partial charge is 0.351 e. The van der Waals surface area contributed by atoms with Crippen molar-refractivity contribution in [2.75, 3.05) is 18.5 Å². The van der Waals surface area contributed by atoms with Gasteiger partial charge in [-0.25, -0.2) is 4.98 Å². The Hall–Kier alpha value is -1.39. The Labute approximate surface area is 124 Å². The van der Waals surface area contributed by atoms with E-state index in [1.165, 1.54) is 18.4 Å². The van der Waals surface area contributed by atoms with Crippen LogP contribution in [-0.2, 0) is 6.42 Å². The first-order valence-corrected chi connectivity index (χ1v) is 8.06. The second-order valence-electron chi connectivity index (χ2n) is 5.67. The van der Waals surface area contributed by atoms with Gasteiger partial charge >= 0.3 is 0 Å². The Kier molecular flexibility index (Phi) is 4.03. The number of hydrogen-bond acceptors (Lipinski definition) is 4. The van der Waals surface area contributed by atoms with E-state index in [0.29, 0.717) is 0 Å². The third-order valence-corrected chi connectivity index (χ3v) is 4.76. The summed E-state index contributed by atoms with van der Waals surface area (Å²) in [6.45, 7) is 1.14. The predicted octanol–water partition coefficient (Wildman–Crippen LogP) is 3.23. The van der Waals surface area contributed by atoms with Gasteiger partial charge in [0.25, 0.3) is 0 Å². The van der Waals surface area contributed by atoms with Crippen LogP contribution in [0.1, 0.15) is 30.1 Å². The first-order valence-electron chi connectivity index (χ1n) is 7.18. The molecule has 0 radical (unpaired) electrons. The van der Waals surface area contributed by atoms with Crippen molar-refractivity contribution in [2.45, 2.75) is 25.3 Å². The minimum absolute atomic E-state index is 0.0277. The van der Waals surface area contributed by atoms with Crippen molar-refractivity contribution in [1.82, 2.24) is 4.98 Å². The molecule has 2 aromatic rings. The summed E-state index contributed by atoms with van der Waals surface area (Å²) >= 11 is 1.72. The Balaban J connectivity index is 1.61. The zero-order chi connectivity index (χ0) is 13.9. The van der Waals surface area contributed by atoms with Crippen LogP contribution in [-0.4, -0.2) is 18.6 Å². The third-order valence-electron chi connectivity index (χ3n) is 3.75. The molecule has 1 aliphatic rings. The number of aromatic nitrogens is 1. The maximum absolute atomic E-state index is 6.25. The smallest absolute Gasteiger partial charge is 0.185 e. The van der Waals surface area contributed by atoms with Gasteiger partial charge in [-0.1, -0.05) is 30.3 Å². The summed E-state index contributed by atoms with van der Waals surface area (Å²) in [6, 6.07) is 10.3. The van der Waals surface area contributed by atoms with E-state index < -0.39 is 0 Å². The Morgan fingerprint density at radius 3 is 2.80 bits per heavy atom. The molecule has 106 valence electrons. The number of thiazole rings is 1. The summed E-state index contributed by atoms with van der Waals surface area (Å²) in [5.74, 6) is 0.888. The normalized spacial score (nSPS) is 16.1. The highest BCUT2D eigenvalue weighted by molar-refractivity contribution is 7.13. The summed E-state index contributed by atoms with van der Waals surface area (Å²) in [5.41, 5.74) is 8.53. The standard InChI is InChI=1S/C16H21N3S/c1-19(10-12-7-8-12)16-18-14(11-20-16)9-15(17)13-5-3-2-4-6-13/h2-6,11-12,15H,7-10,17H2,1H3. The molecule has 1 aromatic heterocycles. The number of hydrogen-bond donors (Lipinski definition) is 1. The molecule has 0 amide bonds. The van der Waals surface area contributed by atoms with Gasteiger partial charge in [-0.2, -0.15) is 0 Å². The van der Waals surface area contributed by atoms with Gasteiger partial charge in [0.05, 0.1) is 5.69 Å². The molecule has 0 aliphatic heterocycles. The fraction of sp³-hybridized carbons (Fsp3) is 0.438. The molecule has 2 N–H and O–H groups in total. The van der Waals surface area contributed by atoms with Crippen LogP contribution < -0.4 is 10.6 Å². The molecule has 1 atom stereocenters. The molecule has 0 bridgehead atoms. The van der Waals surface area contributed by atoms with Crippen LogP contribution in [0.25, 0.3) is 0 Å². The Bertz CT molecular complexity index is 548. The lowest BCUT2D eigenvalue weighted by atomic mass is 10.0. The highest BCUT2D eigenvalue weighted by Gasteiger charge is 2.24. The number of benzene rings is 1. The number of rotatable bonds is 6. The quantitative estimate of drug-likeness (QED) is 0.887. The molecule has 0 spiro atoms. The molecular formula is C16H21N3S. The molecule has 3 nitrogen and oxygen atoms in total. The lowest BCUT2D eigenvalue weighted by Gasteiger charge is -2.14. The monoisotopic (exact) mass is 287 g/mol. The minimum atomic E-state index is 0.0277. The average molecular weight is 287 g/mol. The average Bonchev–Trinajstić information content (AvgIpc) is 3.15. The summed E-state index contributed by atoms with van der Waals surface area (Å²) in [7, 11) is 2.14. The van der Waals surface area contributed by atoms with Gasteiger partial charge < -0.3 is 10.6 Å². The van der Waals surface area contributed by atoms with E-state index in [9.17, 15) is 0 Å². The highest BCUT2D eigenvalue weighted by atomic mass is 32.1. The van der Waals surface area contributed by atoms with E-state index in [4.69, 9.17) is 10.7 Å². The lowest BCUT2D eigenvalue weighted by Crippen LogP contribution is -2.20. The van der Waals surface area contributed by atoms with Gasteiger partial charge in [-0.05, 0) is 24.3 Å². The van der Waals surface area contributed by atoms with Gasteiger partial charge in [0.1, 0.15) is 0 Å². The van der Waals surface area contributed by atoms with Crippen LogP contribution in [0.3, 0.4) is 0 Å². The molecule has 1 heterocycles. The minimum Gasteiger partial charge on any atom is -0.351 e. The molecule has 20 heavy (non-hydrogen) atoms. The van der Waals surface area contributed by atoms with Crippen LogP contribution in [0.2, 0.25) is 0 Å². The molecule has 1 fully saturated rings. The van der Waals surface area contributed by atoms with Gasteiger partial charge in [0.15, 0.2) is 5.13 Å². The van der Waals surface area contributed by atoms with E-state index in [1.807, 2.05) is 18.2 Å². The fourth-order valence-corrected chi connectivity index (χ4v) is 3.19. The van der Waals surface area contributed by atoms with Crippen LogP contribution in [0.15, 0.2) is 35.7 Å². The van der Waals surface area contributed by atoms with Crippen molar-refractivity contribution in [2.24, 2.45) is 11.7 Å². The van der Waals surface area contributed by atoms with E-state index >= 15 is 0 Å². The molecule has 1 aromatic carbocycles. The fourth-order valence-electron chi connectivity index (χ4n) is 2.37. The molecule has 3 rings (SSSR count). The molecule has 1 saturated carbocycles. The predicted molar refractivity (Wildman–Crippen MR) is 85.2 cm³/mol. The first-order chi connectivity index (χ1) is 9.72. The first kappa shape index (κ1) is 13.6. The second kappa shape index (κ2) is 5.94. The van der Waals surface area contributed by atoms with Crippen molar-refractivity contribution in [1.29, 1.82) is 0 Å². The maximum Gasteiger partial charge on any atom is 0.185 e.